The summed E-state index contributed by atoms with van der Waals surface area (Å²) in [5, 5.41) is 6.22. The second-order valence-electron chi connectivity index (χ2n) is 5.50. The Hall–Kier alpha value is -2.15. The van der Waals surface area contributed by atoms with Gasteiger partial charge in [0, 0.05) is 5.56 Å². The van der Waals surface area contributed by atoms with Crippen LogP contribution < -0.4 is 5.32 Å². The number of nitrogens with one attached hydrogen (secondary N) is 1. The van der Waals surface area contributed by atoms with Gasteiger partial charge in [0.05, 0.1) is 5.02 Å². The molecule has 0 aliphatic rings. The third-order valence-electron chi connectivity index (χ3n) is 2.43. The topological polar surface area (TPSA) is 77.2 Å². The van der Waals surface area contributed by atoms with Crippen LogP contribution in [0.1, 0.15) is 26.7 Å². The Morgan fingerprint density at radius 1 is 1.45 bits per heavy atom. The van der Waals surface area contributed by atoms with E-state index in [2.05, 4.69) is 15.5 Å². The van der Waals surface area contributed by atoms with Crippen molar-refractivity contribution in [1.82, 2.24) is 15.5 Å². The Kier molecular flexibility index (Phi) is 4.65. The van der Waals surface area contributed by atoms with Gasteiger partial charge in [0.2, 0.25) is 11.7 Å². The molecule has 1 N–H and O–H groups in total. The predicted octanol–water partition coefficient (Wildman–Crippen LogP) is 3.55. The number of ether oxygens (including phenoxy) is 1. The number of aromatic nitrogens is 2. The van der Waals surface area contributed by atoms with Crippen LogP contribution in [0.2, 0.25) is 5.02 Å². The van der Waals surface area contributed by atoms with E-state index in [4.69, 9.17) is 20.9 Å². The summed E-state index contributed by atoms with van der Waals surface area (Å²) in [5.41, 5.74) is -0.0757. The van der Waals surface area contributed by atoms with E-state index in [1.165, 1.54) is 18.2 Å². The van der Waals surface area contributed by atoms with Crippen molar-refractivity contribution in [3.05, 3.63) is 34.9 Å². The number of nitrogens with zero attached hydrogens (tertiary/aromatic N) is 2. The van der Waals surface area contributed by atoms with Crippen LogP contribution in [0.15, 0.2) is 22.7 Å². The fourth-order valence-corrected chi connectivity index (χ4v) is 1.72. The summed E-state index contributed by atoms with van der Waals surface area (Å²) in [4.78, 5) is 15.6. The zero-order valence-corrected chi connectivity index (χ0v) is 13.1. The third-order valence-corrected chi connectivity index (χ3v) is 2.72. The Bertz CT molecular complexity index is 682. The van der Waals surface area contributed by atoms with Crippen LogP contribution in [0.25, 0.3) is 11.4 Å². The molecule has 1 amide bonds. The summed E-state index contributed by atoms with van der Waals surface area (Å²) in [6, 6.07) is 4.09. The summed E-state index contributed by atoms with van der Waals surface area (Å²) >= 11 is 5.70. The van der Waals surface area contributed by atoms with E-state index in [9.17, 15) is 9.18 Å². The van der Waals surface area contributed by atoms with Gasteiger partial charge >= 0.3 is 6.09 Å². The molecule has 0 fully saturated rings. The molecular formula is C14H15ClFN3O3. The molecule has 8 heteroatoms. The van der Waals surface area contributed by atoms with E-state index in [0.29, 0.717) is 5.56 Å². The van der Waals surface area contributed by atoms with E-state index in [1.54, 1.807) is 20.8 Å². The molecule has 118 valence electrons. The molecule has 0 saturated heterocycles. The summed E-state index contributed by atoms with van der Waals surface area (Å²) in [6.45, 7) is 5.30. The van der Waals surface area contributed by atoms with Crippen molar-refractivity contribution in [3.63, 3.8) is 0 Å². The lowest BCUT2D eigenvalue weighted by Gasteiger charge is -2.19. The molecule has 1 aromatic heterocycles. The molecule has 0 unspecified atom stereocenters. The van der Waals surface area contributed by atoms with Gasteiger partial charge in [0.15, 0.2) is 0 Å². The standard InChI is InChI=1S/C14H15ClFN3O3/c1-14(2,3)21-13(20)17-7-11-18-12(19-22-11)8-4-5-10(16)9(15)6-8/h4-6H,7H2,1-3H3,(H,17,20). The van der Waals surface area contributed by atoms with Gasteiger partial charge in [-0.15, -0.1) is 0 Å². The number of amides is 1. The molecule has 1 heterocycles. The lowest BCUT2D eigenvalue weighted by atomic mass is 10.2. The van der Waals surface area contributed by atoms with Gasteiger partial charge in [-0.05, 0) is 39.0 Å². The van der Waals surface area contributed by atoms with E-state index in [0.717, 1.165) is 0 Å². The van der Waals surface area contributed by atoms with E-state index >= 15 is 0 Å². The van der Waals surface area contributed by atoms with Crippen LogP contribution >= 0.6 is 11.6 Å². The zero-order chi connectivity index (χ0) is 16.3. The van der Waals surface area contributed by atoms with Gasteiger partial charge in [-0.3, -0.25) is 0 Å². The van der Waals surface area contributed by atoms with Crippen LogP contribution in [-0.4, -0.2) is 21.8 Å². The Balaban J connectivity index is 1.99. The van der Waals surface area contributed by atoms with Crippen molar-refractivity contribution >= 4 is 17.7 Å². The van der Waals surface area contributed by atoms with Crippen molar-refractivity contribution in [2.24, 2.45) is 0 Å². The maximum atomic E-state index is 13.1. The van der Waals surface area contributed by atoms with Crippen molar-refractivity contribution in [2.45, 2.75) is 32.9 Å². The van der Waals surface area contributed by atoms with Crippen molar-refractivity contribution in [2.75, 3.05) is 0 Å². The molecule has 0 bridgehead atoms. The zero-order valence-electron chi connectivity index (χ0n) is 12.3. The smallest absolute Gasteiger partial charge is 0.408 e. The lowest BCUT2D eigenvalue weighted by Crippen LogP contribution is -2.32. The van der Waals surface area contributed by atoms with Crippen molar-refractivity contribution in [1.29, 1.82) is 0 Å². The fraction of sp³-hybridized carbons (Fsp3) is 0.357. The van der Waals surface area contributed by atoms with Gasteiger partial charge in [-0.1, -0.05) is 16.8 Å². The largest absolute Gasteiger partial charge is 0.444 e. The number of rotatable bonds is 3. The first kappa shape index (κ1) is 16.2. The highest BCUT2D eigenvalue weighted by atomic mass is 35.5. The number of hydrogen-bond donors (Lipinski definition) is 1. The highest BCUT2D eigenvalue weighted by Gasteiger charge is 2.17. The highest BCUT2D eigenvalue weighted by molar-refractivity contribution is 6.31. The summed E-state index contributed by atoms with van der Waals surface area (Å²) in [6.07, 6.45) is -0.586. The van der Waals surface area contributed by atoms with Crippen LogP contribution in [0.3, 0.4) is 0 Å². The first-order valence-corrected chi connectivity index (χ1v) is 6.87. The number of benzene rings is 1. The molecule has 0 radical (unpaired) electrons. The molecule has 0 spiro atoms. The molecule has 2 aromatic rings. The molecule has 2 rings (SSSR count). The highest BCUT2D eigenvalue weighted by Crippen LogP contribution is 2.22. The minimum atomic E-state index is -0.588. The molecule has 0 atom stereocenters. The number of carbonyl (C=O) groups excluding carboxylic acids is 1. The van der Waals surface area contributed by atoms with Gasteiger partial charge < -0.3 is 14.6 Å². The number of carbonyl (C=O) groups is 1. The molecule has 0 aliphatic carbocycles. The Morgan fingerprint density at radius 2 is 2.18 bits per heavy atom. The van der Waals surface area contributed by atoms with Crippen LogP contribution in [0.4, 0.5) is 9.18 Å². The minimum Gasteiger partial charge on any atom is -0.444 e. The monoisotopic (exact) mass is 327 g/mol. The molecule has 22 heavy (non-hydrogen) atoms. The minimum absolute atomic E-state index is 0.0246. The molecule has 1 aromatic carbocycles. The number of halogens is 2. The molecule has 6 nitrogen and oxygen atoms in total. The van der Waals surface area contributed by atoms with Gasteiger partial charge in [-0.25, -0.2) is 9.18 Å². The Morgan fingerprint density at radius 3 is 2.82 bits per heavy atom. The molecular weight excluding hydrogens is 313 g/mol. The molecule has 0 aliphatic heterocycles. The first-order chi connectivity index (χ1) is 10.2. The van der Waals surface area contributed by atoms with Gasteiger partial charge in [0.1, 0.15) is 18.0 Å². The predicted molar refractivity (Wildman–Crippen MR) is 77.8 cm³/mol. The SMILES string of the molecule is CC(C)(C)OC(=O)NCc1nc(-c2ccc(F)c(Cl)c2)no1. The summed E-state index contributed by atoms with van der Waals surface area (Å²) < 4.78 is 23.2. The van der Waals surface area contributed by atoms with Gasteiger partial charge in [0.25, 0.3) is 0 Å². The number of alkyl carbamates (subject to hydrolysis) is 1. The maximum Gasteiger partial charge on any atom is 0.408 e. The average molecular weight is 328 g/mol. The fourth-order valence-electron chi connectivity index (χ4n) is 1.54. The summed E-state index contributed by atoms with van der Waals surface area (Å²) in [7, 11) is 0. The van der Waals surface area contributed by atoms with Crippen LogP contribution in [0.5, 0.6) is 0 Å². The second kappa shape index (κ2) is 6.31. The molecule has 0 saturated carbocycles. The van der Waals surface area contributed by atoms with Gasteiger partial charge in [-0.2, -0.15) is 4.98 Å². The second-order valence-corrected chi connectivity index (χ2v) is 5.90. The van der Waals surface area contributed by atoms with E-state index in [-0.39, 0.29) is 23.3 Å². The van der Waals surface area contributed by atoms with Crippen molar-refractivity contribution in [3.8, 4) is 11.4 Å². The normalized spacial score (nSPS) is 11.3. The first-order valence-electron chi connectivity index (χ1n) is 6.49. The Labute approximate surface area is 131 Å². The van der Waals surface area contributed by atoms with E-state index in [1.807, 2.05) is 0 Å². The lowest BCUT2D eigenvalue weighted by molar-refractivity contribution is 0.0518. The van der Waals surface area contributed by atoms with Crippen LogP contribution in [0, 0.1) is 5.82 Å². The van der Waals surface area contributed by atoms with Crippen molar-refractivity contribution < 1.29 is 18.4 Å². The summed E-state index contributed by atoms with van der Waals surface area (Å²) in [5.74, 6) is -0.0788. The van der Waals surface area contributed by atoms with E-state index < -0.39 is 17.5 Å². The number of hydrogen-bond acceptors (Lipinski definition) is 5. The average Bonchev–Trinajstić information content (AvgIpc) is 2.86. The quantitative estimate of drug-likeness (QED) is 0.932. The van der Waals surface area contributed by atoms with Crippen LogP contribution in [-0.2, 0) is 11.3 Å². The third kappa shape index (κ3) is 4.42. The maximum absolute atomic E-state index is 13.1.